The maximum Gasteiger partial charge on any atom is 0.336 e. The average Bonchev–Trinajstić information content (AvgIpc) is 2.51. The largest absolute Gasteiger partial charge is 0.422 e. The first-order valence-corrected chi connectivity index (χ1v) is 8.27. The van der Waals surface area contributed by atoms with Crippen molar-refractivity contribution in [2.45, 2.75) is 26.9 Å². The highest BCUT2D eigenvalue weighted by molar-refractivity contribution is 6.30. The summed E-state index contributed by atoms with van der Waals surface area (Å²) >= 11 is 5.93. The molecule has 0 fully saturated rings. The average molecular weight is 342 g/mol. The van der Waals surface area contributed by atoms with Crippen molar-refractivity contribution in [3.63, 3.8) is 0 Å². The summed E-state index contributed by atoms with van der Waals surface area (Å²) < 4.78 is 5.41. The van der Waals surface area contributed by atoms with Gasteiger partial charge in [0.05, 0.1) is 0 Å². The number of hydrogen-bond donors (Lipinski definition) is 0. The summed E-state index contributed by atoms with van der Waals surface area (Å²) in [6.45, 7) is 5.48. The zero-order valence-electron chi connectivity index (χ0n) is 14.1. The minimum Gasteiger partial charge on any atom is -0.422 e. The zero-order chi connectivity index (χ0) is 17.3. The van der Waals surface area contributed by atoms with Crippen LogP contribution >= 0.6 is 11.6 Å². The van der Waals surface area contributed by atoms with Gasteiger partial charge in [-0.2, -0.15) is 0 Å². The van der Waals surface area contributed by atoms with Gasteiger partial charge >= 0.3 is 5.63 Å². The van der Waals surface area contributed by atoms with Gasteiger partial charge in [-0.1, -0.05) is 29.8 Å². The van der Waals surface area contributed by atoms with E-state index in [1.54, 1.807) is 6.07 Å². The summed E-state index contributed by atoms with van der Waals surface area (Å²) in [4.78, 5) is 14.1. The molecule has 3 rings (SSSR count). The molecule has 0 aliphatic heterocycles. The van der Waals surface area contributed by atoms with Gasteiger partial charge in [-0.25, -0.2) is 4.79 Å². The lowest BCUT2D eigenvalue weighted by molar-refractivity contribution is 0.319. The van der Waals surface area contributed by atoms with Crippen molar-refractivity contribution in [1.82, 2.24) is 4.90 Å². The molecule has 2 aromatic carbocycles. The van der Waals surface area contributed by atoms with Crippen LogP contribution in [0.2, 0.25) is 5.02 Å². The Labute approximate surface area is 146 Å². The molecule has 0 aliphatic carbocycles. The molecule has 0 saturated carbocycles. The van der Waals surface area contributed by atoms with E-state index in [2.05, 4.69) is 17.9 Å². The van der Waals surface area contributed by atoms with Crippen LogP contribution in [0.1, 0.15) is 22.3 Å². The van der Waals surface area contributed by atoms with Crippen molar-refractivity contribution in [2.24, 2.45) is 0 Å². The van der Waals surface area contributed by atoms with Gasteiger partial charge in [-0.05, 0) is 61.3 Å². The highest BCUT2D eigenvalue weighted by Gasteiger charge is 2.11. The molecule has 24 heavy (non-hydrogen) atoms. The van der Waals surface area contributed by atoms with Crippen molar-refractivity contribution in [3.05, 3.63) is 80.2 Å². The standard InChI is InChI=1S/C20H20ClNO2/c1-13-8-14(2)20-18(9-13)16(10-19(23)24-20)12-22(3)11-15-4-6-17(21)7-5-15/h4-10H,11-12H2,1-3H3. The molecular formula is C20H20ClNO2. The predicted molar refractivity (Wildman–Crippen MR) is 98.6 cm³/mol. The molecule has 0 aliphatic rings. The van der Waals surface area contributed by atoms with Gasteiger partial charge in [0.2, 0.25) is 0 Å². The lowest BCUT2D eigenvalue weighted by Gasteiger charge is -2.18. The van der Waals surface area contributed by atoms with E-state index in [9.17, 15) is 4.79 Å². The SMILES string of the molecule is Cc1cc(C)c2oc(=O)cc(CN(C)Cc3ccc(Cl)cc3)c2c1. The van der Waals surface area contributed by atoms with Crippen LogP contribution in [0.4, 0.5) is 0 Å². The summed E-state index contributed by atoms with van der Waals surface area (Å²) in [6, 6.07) is 13.5. The Morgan fingerprint density at radius 1 is 1.04 bits per heavy atom. The molecule has 4 heteroatoms. The Balaban J connectivity index is 1.91. The number of rotatable bonds is 4. The molecule has 124 valence electrons. The van der Waals surface area contributed by atoms with E-state index >= 15 is 0 Å². The van der Waals surface area contributed by atoms with Crippen molar-refractivity contribution < 1.29 is 4.42 Å². The van der Waals surface area contributed by atoms with Gasteiger partial charge in [0.1, 0.15) is 5.58 Å². The van der Waals surface area contributed by atoms with Gasteiger partial charge in [-0.15, -0.1) is 0 Å². The van der Waals surface area contributed by atoms with Crippen LogP contribution in [0.15, 0.2) is 51.7 Å². The van der Waals surface area contributed by atoms with Crippen LogP contribution in [-0.4, -0.2) is 11.9 Å². The first-order chi connectivity index (χ1) is 11.4. The first-order valence-electron chi connectivity index (χ1n) is 7.89. The monoisotopic (exact) mass is 341 g/mol. The summed E-state index contributed by atoms with van der Waals surface area (Å²) in [5.74, 6) is 0. The molecule has 1 heterocycles. The van der Waals surface area contributed by atoms with E-state index in [0.29, 0.717) is 12.1 Å². The fourth-order valence-electron chi connectivity index (χ4n) is 3.06. The summed E-state index contributed by atoms with van der Waals surface area (Å²) in [5, 5.41) is 1.74. The predicted octanol–water partition coefficient (Wildman–Crippen LogP) is 4.70. The summed E-state index contributed by atoms with van der Waals surface area (Å²) in [6.07, 6.45) is 0. The number of hydrogen-bond acceptors (Lipinski definition) is 3. The lowest BCUT2D eigenvalue weighted by atomic mass is 10.0. The summed E-state index contributed by atoms with van der Waals surface area (Å²) in [7, 11) is 2.04. The molecular weight excluding hydrogens is 322 g/mol. The maximum absolute atomic E-state index is 11.9. The van der Waals surface area contributed by atoms with E-state index in [1.807, 2.05) is 44.3 Å². The van der Waals surface area contributed by atoms with Gasteiger partial charge < -0.3 is 4.42 Å². The fraction of sp³-hybridized carbons (Fsp3) is 0.250. The molecule has 3 aromatic rings. The Kier molecular flexibility index (Phi) is 4.74. The Morgan fingerprint density at radius 2 is 1.75 bits per heavy atom. The topological polar surface area (TPSA) is 33.5 Å². The minimum atomic E-state index is -0.302. The molecule has 0 spiro atoms. The maximum atomic E-state index is 11.9. The Morgan fingerprint density at radius 3 is 2.46 bits per heavy atom. The fourth-order valence-corrected chi connectivity index (χ4v) is 3.18. The second-order valence-electron chi connectivity index (χ2n) is 6.35. The zero-order valence-corrected chi connectivity index (χ0v) is 14.9. The van der Waals surface area contributed by atoms with Crippen molar-refractivity contribution in [2.75, 3.05) is 7.05 Å². The lowest BCUT2D eigenvalue weighted by Crippen LogP contribution is -2.18. The number of fused-ring (bicyclic) bond motifs is 1. The van der Waals surface area contributed by atoms with Crippen molar-refractivity contribution in [3.8, 4) is 0 Å². The van der Waals surface area contributed by atoms with Crippen molar-refractivity contribution in [1.29, 1.82) is 0 Å². The molecule has 1 aromatic heterocycles. The minimum absolute atomic E-state index is 0.302. The molecule has 0 unspecified atom stereocenters. The second kappa shape index (κ2) is 6.80. The Bertz CT molecular complexity index is 929. The number of halogens is 1. The number of aryl methyl sites for hydroxylation is 2. The van der Waals surface area contributed by atoms with Crippen molar-refractivity contribution >= 4 is 22.6 Å². The van der Waals surface area contributed by atoms with Gasteiger partial charge in [-0.3, -0.25) is 4.90 Å². The van der Waals surface area contributed by atoms with Gasteiger partial charge in [0.25, 0.3) is 0 Å². The molecule has 0 bridgehead atoms. The van der Waals surface area contributed by atoms with Crippen LogP contribution in [0.3, 0.4) is 0 Å². The second-order valence-corrected chi connectivity index (χ2v) is 6.78. The molecule has 0 N–H and O–H groups in total. The third-order valence-electron chi connectivity index (χ3n) is 4.07. The molecule has 0 saturated heterocycles. The van der Waals surface area contributed by atoms with Gasteiger partial charge in [0.15, 0.2) is 0 Å². The van der Waals surface area contributed by atoms with Crippen LogP contribution in [-0.2, 0) is 13.1 Å². The van der Waals surface area contributed by atoms with E-state index in [4.69, 9.17) is 16.0 Å². The van der Waals surface area contributed by atoms with E-state index in [-0.39, 0.29) is 5.63 Å². The van der Waals surface area contributed by atoms with Crippen LogP contribution < -0.4 is 5.63 Å². The van der Waals surface area contributed by atoms with E-state index in [0.717, 1.165) is 33.6 Å². The molecule has 0 amide bonds. The van der Waals surface area contributed by atoms with E-state index < -0.39 is 0 Å². The highest BCUT2D eigenvalue weighted by atomic mass is 35.5. The third kappa shape index (κ3) is 3.69. The number of nitrogens with zero attached hydrogens (tertiary/aromatic N) is 1. The molecule has 0 radical (unpaired) electrons. The van der Waals surface area contributed by atoms with E-state index in [1.165, 1.54) is 5.56 Å². The third-order valence-corrected chi connectivity index (χ3v) is 4.32. The highest BCUT2D eigenvalue weighted by Crippen LogP contribution is 2.23. The summed E-state index contributed by atoms with van der Waals surface area (Å²) in [5.41, 5.74) is 4.71. The normalized spacial score (nSPS) is 11.4. The first kappa shape index (κ1) is 16.7. The smallest absolute Gasteiger partial charge is 0.336 e. The van der Waals surface area contributed by atoms with Crippen LogP contribution in [0, 0.1) is 13.8 Å². The molecule has 0 atom stereocenters. The quantitative estimate of drug-likeness (QED) is 0.645. The number of benzene rings is 2. The Hall–Kier alpha value is -2.10. The van der Waals surface area contributed by atoms with Gasteiger partial charge in [0, 0.05) is 29.6 Å². The van der Waals surface area contributed by atoms with Crippen LogP contribution in [0.25, 0.3) is 11.0 Å². The molecule has 3 nitrogen and oxygen atoms in total. The van der Waals surface area contributed by atoms with Crippen LogP contribution in [0.5, 0.6) is 0 Å².